The van der Waals surface area contributed by atoms with Crippen molar-refractivity contribution in [1.82, 2.24) is 14.9 Å². The number of methoxy groups -OCH3 is 1. The van der Waals surface area contributed by atoms with Gasteiger partial charge in [-0.25, -0.2) is 19.6 Å². The molecule has 2 unspecified atom stereocenters. The number of carbonyl (C=O) groups is 3. The molecule has 2 aliphatic rings. The summed E-state index contributed by atoms with van der Waals surface area (Å²) in [4.78, 5) is 41.6. The quantitative estimate of drug-likeness (QED) is 0.451. The lowest BCUT2D eigenvalue weighted by Crippen LogP contribution is -2.50. The highest BCUT2D eigenvalue weighted by Crippen LogP contribution is 2.33. The predicted molar refractivity (Wildman–Crippen MR) is 142 cm³/mol. The van der Waals surface area contributed by atoms with Gasteiger partial charge in [-0.2, -0.15) is 0 Å². The van der Waals surface area contributed by atoms with Gasteiger partial charge in [0, 0.05) is 13.1 Å². The van der Waals surface area contributed by atoms with Crippen LogP contribution in [0, 0.1) is 0 Å². The smallest absolute Gasteiger partial charge is 0.429 e. The van der Waals surface area contributed by atoms with Crippen molar-refractivity contribution in [3.63, 3.8) is 0 Å². The molecule has 0 spiro atoms. The lowest BCUT2D eigenvalue weighted by molar-refractivity contribution is -0.131. The fraction of sp³-hybridized carbons (Fsp3) is 0.300. The van der Waals surface area contributed by atoms with E-state index in [1.165, 1.54) is 10.0 Å². The maximum absolute atomic E-state index is 13.3. The minimum atomic E-state index is -0.648. The minimum absolute atomic E-state index is 0.0684. The molecule has 0 aromatic heterocycles. The van der Waals surface area contributed by atoms with E-state index in [2.05, 4.69) is 0 Å². The molecule has 39 heavy (non-hydrogen) atoms. The summed E-state index contributed by atoms with van der Waals surface area (Å²) in [6.07, 6.45) is -0.576. The maximum atomic E-state index is 13.3. The monoisotopic (exact) mass is 529 g/mol. The fourth-order valence-corrected chi connectivity index (χ4v) is 5.07. The minimum Gasteiger partial charge on any atom is -0.497 e. The molecular formula is C30H31N3O6. The largest absolute Gasteiger partial charge is 0.497 e. The van der Waals surface area contributed by atoms with Crippen molar-refractivity contribution >= 4 is 18.1 Å². The average molecular weight is 530 g/mol. The average Bonchev–Trinajstić information content (AvgIpc) is 3.24. The van der Waals surface area contributed by atoms with E-state index in [-0.39, 0.29) is 25.5 Å². The Balaban J connectivity index is 1.31. The van der Waals surface area contributed by atoms with Gasteiger partial charge in [-0.3, -0.25) is 4.79 Å². The molecule has 0 aliphatic carbocycles. The molecular weight excluding hydrogens is 498 g/mol. The van der Waals surface area contributed by atoms with Gasteiger partial charge < -0.3 is 19.1 Å². The molecule has 3 aromatic rings. The fourth-order valence-electron chi connectivity index (χ4n) is 5.07. The molecule has 2 aliphatic heterocycles. The van der Waals surface area contributed by atoms with Crippen LogP contribution < -0.4 is 4.74 Å². The van der Waals surface area contributed by atoms with Crippen LogP contribution in [0.3, 0.4) is 0 Å². The molecule has 0 radical (unpaired) electrons. The third-order valence-corrected chi connectivity index (χ3v) is 6.96. The van der Waals surface area contributed by atoms with E-state index >= 15 is 0 Å². The number of hydrogen-bond acceptors (Lipinski definition) is 6. The second kappa shape index (κ2) is 11.9. The highest BCUT2D eigenvalue weighted by atomic mass is 16.6. The third kappa shape index (κ3) is 6.14. The number of fused-ring (bicyclic) bond motifs is 2. The second-order valence-corrected chi connectivity index (χ2v) is 9.64. The predicted octanol–water partition coefficient (Wildman–Crippen LogP) is 4.41. The van der Waals surface area contributed by atoms with Crippen LogP contribution in [0.25, 0.3) is 0 Å². The van der Waals surface area contributed by atoms with Crippen LogP contribution in [0.4, 0.5) is 9.59 Å². The summed E-state index contributed by atoms with van der Waals surface area (Å²) < 4.78 is 16.5. The van der Waals surface area contributed by atoms with Crippen LogP contribution >= 0.6 is 0 Å². The number of ether oxygens (including phenoxy) is 3. The van der Waals surface area contributed by atoms with Gasteiger partial charge in [-0.1, -0.05) is 72.8 Å². The van der Waals surface area contributed by atoms with E-state index in [1.54, 1.807) is 12.0 Å². The Labute approximate surface area is 227 Å². The van der Waals surface area contributed by atoms with Crippen LogP contribution in [0.1, 0.15) is 23.1 Å². The Morgan fingerprint density at radius 2 is 1.23 bits per heavy atom. The van der Waals surface area contributed by atoms with Crippen molar-refractivity contribution in [1.29, 1.82) is 0 Å². The zero-order chi connectivity index (χ0) is 27.2. The molecule has 2 bridgehead atoms. The first-order valence-electron chi connectivity index (χ1n) is 12.9. The second-order valence-electron chi connectivity index (χ2n) is 9.64. The normalized spacial score (nSPS) is 18.0. The number of benzene rings is 3. The van der Waals surface area contributed by atoms with Crippen LogP contribution in [0.15, 0.2) is 84.9 Å². The topological polar surface area (TPSA) is 88.6 Å². The van der Waals surface area contributed by atoms with Crippen LogP contribution in [0.5, 0.6) is 5.75 Å². The Hall–Kier alpha value is -4.53. The maximum Gasteiger partial charge on any atom is 0.429 e. The van der Waals surface area contributed by atoms with Gasteiger partial charge in [0.25, 0.3) is 0 Å². The Bertz CT molecular complexity index is 1230. The molecule has 202 valence electrons. The zero-order valence-electron chi connectivity index (χ0n) is 21.8. The van der Waals surface area contributed by atoms with Crippen molar-refractivity contribution in [3.8, 4) is 5.75 Å². The van der Waals surface area contributed by atoms with Gasteiger partial charge in [0.05, 0.1) is 25.6 Å². The molecule has 3 amide bonds. The summed E-state index contributed by atoms with van der Waals surface area (Å²) >= 11 is 0. The molecule has 0 saturated carbocycles. The molecule has 0 N–H and O–H groups in total. The number of piperidine rings is 1. The first-order chi connectivity index (χ1) is 19.0. The van der Waals surface area contributed by atoms with Crippen molar-refractivity contribution < 1.29 is 28.6 Å². The lowest BCUT2D eigenvalue weighted by Gasteiger charge is -2.30. The van der Waals surface area contributed by atoms with Crippen LogP contribution in [0.2, 0.25) is 0 Å². The molecule has 5 rings (SSSR count). The summed E-state index contributed by atoms with van der Waals surface area (Å²) in [5.41, 5.74) is 2.50. The number of hydrazine groups is 1. The van der Waals surface area contributed by atoms with Gasteiger partial charge >= 0.3 is 12.2 Å². The number of carbonyl (C=O) groups excluding carboxylic acids is 3. The molecule has 9 nitrogen and oxygen atoms in total. The summed E-state index contributed by atoms with van der Waals surface area (Å²) in [7, 11) is 1.58. The van der Waals surface area contributed by atoms with Gasteiger partial charge in [-0.15, -0.1) is 0 Å². The molecule has 2 saturated heterocycles. The summed E-state index contributed by atoms with van der Waals surface area (Å²) in [5.74, 6) is 0.591. The lowest BCUT2D eigenvalue weighted by atomic mass is 10.0. The van der Waals surface area contributed by atoms with E-state index in [1.807, 2.05) is 84.9 Å². The summed E-state index contributed by atoms with van der Waals surface area (Å²) in [5, 5.41) is 2.67. The molecule has 2 fully saturated rings. The van der Waals surface area contributed by atoms with Gasteiger partial charge in [-0.05, 0) is 35.2 Å². The van der Waals surface area contributed by atoms with Crippen molar-refractivity contribution in [2.75, 3.05) is 20.2 Å². The van der Waals surface area contributed by atoms with Crippen molar-refractivity contribution in [2.45, 2.75) is 38.1 Å². The SMILES string of the molecule is COc1cccc(CC(=O)N2CC3CC(C2)N(C(=O)OCc2ccccc2)N3C(=O)OCc2ccccc2)c1. The van der Waals surface area contributed by atoms with E-state index in [0.29, 0.717) is 25.3 Å². The van der Waals surface area contributed by atoms with Crippen LogP contribution in [-0.4, -0.2) is 65.3 Å². The highest BCUT2D eigenvalue weighted by molar-refractivity contribution is 5.80. The highest BCUT2D eigenvalue weighted by Gasteiger charge is 2.51. The van der Waals surface area contributed by atoms with E-state index in [9.17, 15) is 14.4 Å². The van der Waals surface area contributed by atoms with Gasteiger partial charge in [0.15, 0.2) is 0 Å². The Morgan fingerprint density at radius 1 is 0.718 bits per heavy atom. The zero-order valence-corrected chi connectivity index (χ0v) is 21.8. The number of amides is 3. The Kier molecular flexibility index (Phi) is 7.96. The summed E-state index contributed by atoms with van der Waals surface area (Å²) in [6.45, 7) is 0.725. The van der Waals surface area contributed by atoms with Crippen LogP contribution in [-0.2, 0) is 33.9 Å². The number of rotatable bonds is 7. The molecule has 3 aromatic carbocycles. The first-order valence-corrected chi connectivity index (χ1v) is 12.9. The van der Waals surface area contributed by atoms with E-state index < -0.39 is 24.3 Å². The molecule has 2 heterocycles. The summed E-state index contributed by atoms with van der Waals surface area (Å²) in [6, 6.07) is 25.2. The molecule has 2 atom stereocenters. The van der Waals surface area contributed by atoms with Gasteiger partial charge in [0.2, 0.25) is 5.91 Å². The third-order valence-electron chi connectivity index (χ3n) is 6.96. The van der Waals surface area contributed by atoms with E-state index in [4.69, 9.17) is 14.2 Å². The molecule has 9 heteroatoms. The van der Waals surface area contributed by atoms with Gasteiger partial charge in [0.1, 0.15) is 19.0 Å². The number of likely N-dealkylation sites (tertiary alicyclic amines) is 1. The number of nitrogens with zero attached hydrogens (tertiary/aromatic N) is 3. The standard InChI is InChI=1S/C30H31N3O6/c1-37-27-14-8-13-24(15-27)16-28(34)31-18-25-17-26(19-31)33(30(36)39-21-23-11-6-3-7-12-23)32(25)29(35)38-20-22-9-4-2-5-10-22/h2-15,25-26H,16-21H2,1H3. The van der Waals surface area contributed by atoms with E-state index in [0.717, 1.165) is 16.7 Å². The first kappa shape index (κ1) is 26.1. The van der Waals surface area contributed by atoms with Crippen molar-refractivity contribution in [3.05, 3.63) is 102 Å². The Morgan fingerprint density at radius 3 is 1.74 bits per heavy atom. The van der Waals surface area contributed by atoms with Crippen molar-refractivity contribution in [2.24, 2.45) is 0 Å². The number of hydrogen-bond donors (Lipinski definition) is 0.